The summed E-state index contributed by atoms with van der Waals surface area (Å²) in [6.45, 7) is 7.59. The molecule has 90 valence electrons. The Labute approximate surface area is 102 Å². The van der Waals surface area contributed by atoms with Crippen LogP contribution in [0.15, 0.2) is 30.5 Å². The standard InChI is InChI=1S/C14H18N2O/c1-3-16(4-2)10-11-7-8-13(17)14-12(11)6-5-9-15-14/h5-9,17H,3-4,10H2,1-2H3/p+1. The number of aromatic nitrogens is 1. The number of phenolic OH excluding ortho intramolecular Hbond substituents is 1. The number of fused-ring (bicyclic) bond motifs is 1. The first-order valence-electron chi connectivity index (χ1n) is 6.15. The van der Waals surface area contributed by atoms with Gasteiger partial charge in [0.05, 0.1) is 13.1 Å². The zero-order valence-corrected chi connectivity index (χ0v) is 10.4. The number of hydrogen-bond donors (Lipinski definition) is 2. The summed E-state index contributed by atoms with van der Waals surface area (Å²) in [5, 5.41) is 10.8. The Kier molecular flexibility index (Phi) is 3.59. The third-order valence-corrected chi connectivity index (χ3v) is 3.28. The first kappa shape index (κ1) is 11.9. The summed E-state index contributed by atoms with van der Waals surface area (Å²) in [5.74, 6) is 0.263. The van der Waals surface area contributed by atoms with Crippen LogP contribution in [-0.2, 0) is 6.54 Å². The summed E-state index contributed by atoms with van der Waals surface area (Å²) in [5.41, 5.74) is 1.96. The maximum absolute atomic E-state index is 9.77. The normalized spacial score (nSPS) is 11.2. The van der Waals surface area contributed by atoms with Gasteiger partial charge < -0.3 is 10.0 Å². The smallest absolute Gasteiger partial charge is 0.141 e. The molecule has 2 rings (SSSR count). The van der Waals surface area contributed by atoms with E-state index in [1.165, 1.54) is 10.5 Å². The van der Waals surface area contributed by atoms with Gasteiger partial charge >= 0.3 is 0 Å². The van der Waals surface area contributed by atoms with Crippen molar-refractivity contribution in [2.24, 2.45) is 0 Å². The molecule has 17 heavy (non-hydrogen) atoms. The molecule has 0 radical (unpaired) electrons. The molecule has 0 aliphatic carbocycles. The minimum atomic E-state index is 0.263. The largest absolute Gasteiger partial charge is 0.506 e. The van der Waals surface area contributed by atoms with Gasteiger partial charge in [0.2, 0.25) is 0 Å². The van der Waals surface area contributed by atoms with E-state index in [1.807, 2.05) is 18.2 Å². The van der Waals surface area contributed by atoms with E-state index >= 15 is 0 Å². The van der Waals surface area contributed by atoms with Crippen LogP contribution in [0.5, 0.6) is 5.75 Å². The van der Waals surface area contributed by atoms with Crippen LogP contribution in [0.1, 0.15) is 19.4 Å². The molecule has 3 heteroatoms. The zero-order chi connectivity index (χ0) is 12.3. The molecule has 1 heterocycles. The molecule has 2 aromatic rings. The molecule has 0 amide bonds. The summed E-state index contributed by atoms with van der Waals surface area (Å²) in [6, 6.07) is 7.70. The number of nitrogens with one attached hydrogen (secondary N) is 1. The molecule has 0 fully saturated rings. The number of phenols is 1. The van der Waals surface area contributed by atoms with Gasteiger partial charge in [-0.3, -0.25) is 4.98 Å². The summed E-state index contributed by atoms with van der Waals surface area (Å²) in [7, 11) is 0. The second kappa shape index (κ2) is 5.15. The van der Waals surface area contributed by atoms with Gasteiger partial charge in [-0.2, -0.15) is 0 Å². The Morgan fingerprint density at radius 3 is 2.65 bits per heavy atom. The lowest BCUT2D eigenvalue weighted by atomic mass is 10.1. The lowest BCUT2D eigenvalue weighted by Gasteiger charge is -2.16. The maximum atomic E-state index is 9.77. The van der Waals surface area contributed by atoms with Crippen molar-refractivity contribution in [3.05, 3.63) is 36.0 Å². The Hall–Kier alpha value is -1.61. The molecule has 0 saturated heterocycles. The molecule has 0 saturated carbocycles. The van der Waals surface area contributed by atoms with Crippen molar-refractivity contribution in [2.75, 3.05) is 13.1 Å². The Morgan fingerprint density at radius 2 is 1.94 bits per heavy atom. The molecule has 3 nitrogen and oxygen atoms in total. The van der Waals surface area contributed by atoms with E-state index in [-0.39, 0.29) is 5.75 Å². The second-order valence-corrected chi connectivity index (χ2v) is 4.28. The molecular formula is C14H19N2O+. The highest BCUT2D eigenvalue weighted by Gasteiger charge is 2.10. The van der Waals surface area contributed by atoms with Gasteiger partial charge in [-0.1, -0.05) is 6.07 Å². The lowest BCUT2D eigenvalue weighted by Crippen LogP contribution is -3.10. The second-order valence-electron chi connectivity index (χ2n) is 4.28. The van der Waals surface area contributed by atoms with E-state index < -0.39 is 0 Å². The topological polar surface area (TPSA) is 37.6 Å². The first-order chi connectivity index (χ1) is 8.26. The predicted molar refractivity (Wildman–Crippen MR) is 69.2 cm³/mol. The van der Waals surface area contributed by atoms with Gasteiger partial charge in [-0.15, -0.1) is 0 Å². The quantitative estimate of drug-likeness (QED) is 0.834. The van der Waals surface area contributed by atoms with Crippen LogP contribution < -0.4 is 4.90 Å². The fourth-order valence-electron chi connectivity index (χ4n) is 2.14. The van der Waals surface area contributed by atoms with Crippen molar-refractivity contribution in [3.8, 4) is 5.75 Å². The Morgan fingerprint density at radius 1 is 1.18 bits per heavy atom. The molecule has 0 atom stereocenters. The van der Waals surface area contributed by atoms with Gasteiger partial charge in [0, 0.05) is 17.1 Å². The monoisotopic (exact) mass is 231 g/mol. The number of nitrogens with zero attached hydrogens (tertiary/aromatic N) is 1. The minimum Gasteiger partial charge on any atom is -0.506 e. The minimum absolute atomic E-state index is 0.263. The van der Waals surface area contributed by atoms with Gasteiger partial charge in [0.15, 0.2) is 0 Å². The van der Waals surface area contributed by atoms with Crippen LogP contribution in [-0.4, -0.2) is 23.2 Å². The number of hydrogen-bond acceptors (Lipinski definition) is 2. The summed E-state index contributed by atoms with van der Waals surface area (Å²) in [6.07, 6.45) is 1.72. The molecular weight excluding hydrogens is 212 g/mol. The molecule has 0 aliphatic heterocycles. The van der Waals surface area contributed by atoms with Gasteiger partial charge in [-0.25, -0.2) is 0 Å². The number of aromatic hydroxyl groups is 1. The van der Waals surface area contributed by atoms with Crippen molar-refractivity contribution in [1.82, 2.24) is 4.98 Å². The highest BCUT2D eigenvalue weighted by atomic mass is 16.3. The number of benzene rings is 1. The molecule has 0 spiro atoms. The van der Waals surface area contributed by atoms with Crippen LogP contribution in [0.2, 0.25) is 0 Å². The van der Waals surface area contributed by atoms with E-state index in [1.54, 1.807) is 12.3 Å². The van der Waals surface area contributed by atoms with E-state index in [4.69, 9.17) is 0 Å². The molecule has 0 unspecified atom stereocenters. The van der Waals surface area contributed by atoms with Crippen molar-refractivity contribution in [2.45, 2.75) is 20.4 Å². The molecule has 1 aromatic heterocycles. The molecule has 1 aromatic carbocycles. The maximum Gasteiger partial charge on any atom is 0.141 e. The summed E-state index contributed by atoms with van der Waals surface area (Å²) < 4.78 is 0. The van der Waals surface area contributed by atoms with E-state index in [9.17, 15) is 5.11 Å². The average molecular weight is 231 g/mol. The van der Waals surface area contributed by atoms with Gasteiger partial charge in [-0.05, 0) is 32.0 Å². The van der Waals surface area contributed by atoms with E-state index in [2.05, 4.69) is 18.8 Å². The fourth-order valence-corrected chi connectivity index (χ4v) is 2.14. The van der Waals surface area contributed by atoms with Gasteiger partial charge in [0.1, 0.15) is 17.8 Å². The summed E-state index contributed by atoms with van der Waals surface area (Å²) >= 11 is 0. The third kappa shape index (κ3) is 2.39. The highest BCUT2D eigenvalue weighted by Crippen LogP contribution is 2.24. The third-order valence-electron chi connectivity index (χ3n) is 3.28. The molecule has 2 N–H and O–H groups in total. The molecule has 0 aliphatic rings. The van der Waals surface area contributed by atoms with Crippen LogP contribution in [0.3, 0.4) is 0 Å². The van der Waals surface area contributed by atoms with Crippen molar-refractivity contribution in [1.29, 1.82) is 0 Å². The average Bonchev–Trinajstić information content (AvgIpc) is 2.38. The number of pyridine rings is 1. The van der Waals surface area contributed by atoms with Crippen molar-refractivity contribution in [3.63, 3.8) is 0 Å². The van der Waals surface area contributed by atoms with Crippen LogP contribution >= 0.6 is 0 Å². The Bertz CT molecular complexity index is 507. The predicted octanol–water partition coefficient (Wildman–Crippen LogP) is 1.37. The van der Waals surface area contributed by atoms with Crippen LogP contribution in [0.4, 0.5) is 0 Å². The van der Waals surface area contributed by atoms with Gasteiger partial charge in [0.25, 0.3) is 0 Å². The van der Waals surface area contributed by atoms with Crippen molar-refractivity contribution >= 4 is 10.9 Å². The highest BCUT2D eigenvalue weighted by molar-refractivity contribution is 5.86. The summed E-state index contributed by atoms with van der Waals surface area (Å²) in [4.78, 5) is 5.77. The molecule has 0 bridgehead atoms. The van der Waals surface area contributed by atoms with Crippen LogP contribution in [0.25, 0.3) is 10.9 Å². The van der Waals surface area contributed by atoms with E-state index in [0.29, 0.717) is 5.52 Å². The zero-order valence-electron chi connectivity index (χ0n) is 10.4. The SMILES string of the molecule is CC[NH+](CC)Cc1ccc(O)c2ncccc12. The number of rotatable bonds is 4. The number of quaternary nitrogens is 1. The van der Waals surface area contributed by atoms with E-state index in [0.717, 1.165) is 25.0 Å². The lowest BCUT2D eigenvalue weighted by molar-refractivity contribution is -0.910. The van der Waals surface area contributed by atoms with Crippen molar-refractivity contribution < 1.29 is 10.0 Å². The Balaban J connectivity index is 2.44. The first-order valence-corrected chi connectivity index (χ1v) is 6.15. The fraction of sp³-hybridized carbons (Fsp3) is 0.357. The van der Waals surface area contributed by atoms with Crippen LogP contribution in [0, 0.1) is 0 Å².